The summed E-state index contributed by atoms with van der Waals surface area (Å²) < 4.78 is 0. The molecule has 0 radical (unpaired) electrons. The first-order valence-corrected chi connectivity index (χ1v) is 7.74. The minimum atomic E-state index is 0.0869. The van der Waals surface area contributed by atoms with Crippen LogP contribution in [-0.2, 0) is 4.79 Å². The van der Waals surface area contributed by atoms with E-state index in [9.17, 15) is 4.79 Å². The van der Waals surface area contributed by atoms with Crippen molar-refractivity contribution in [2.24, 2.45) is 0 Å². The van der Waals surface area contributed by atoms with E-state index < -0.39 is 0 Å². The number of likely N-dealkylation sites (N-methyl/N-ethyl adjacent to an activating group) is 1. The summed E-state index contributed by atoms with van der Waals surface area (Å²) in [6.07, 6.45) is 11.7. The molecule has 3 nitrogen and oxygen atoms in total. The van der Waals surface area contributed by atoms with Crippen molar-refractivity contribution >= 4 is 5.91 Å². The van der Waals surface area contributed by atoms with Gasteiger partial charge < -0.3 is 10.2 Å². The highest BCUT2D eigenvalue weighted by molar-refractivity contribution is 5.82. The molecule has 1 N–H and O–H groups in total. The lowest BCUT2D eigenvalue weighted by molar-refractivity contribution is -0.134. The number of rotatable bonds is 9. The molecule has 1 heterocycles. The maximum atomic E-state index is 11.8. The van der Waals surface area contributed by atoms with Gasteiger partial charge in [0.15, 0.2) is 0 Å². The highest BCUT2D eigenvalue weighted by Gasteiger charge is 2.24. The van der Waals surface area contributed by atoms with Crippen LogP contribution in [0.1, 0.15) is 64.7 Å². The van der Waals surface area contributed by atoms with E-state index in [2.05, 4.69) is 12.2 Å². The Bertz CT molecular complexity index is 231. The van der Waals surface area contributed by atoms with E-state index in [1.54, 1.807) is 0 Å². The molecule has 0 aromatic carbocycles. The smallest absolute Gasteiger partial charge is 0.239 e. The Labute approximate surface area is 112 Å². The van der Waals surface area contributed by atoms with Crippen molar-refractivity contribution in [1.29, 1.82) is 0 Å². The van der Waals surface area contributed by atoms with Gasteiger partial charge in [-0.15, -0.1) is 0 Å². The summed E-state index contributed by atoms with van der Waals surface area (Å²) in [5, 5.41) is 3.33. The zero-order valence-corrected chi connectivity index (χ0v) is 12.2. The fourth-order valence-electron chi connectivity index (χ4n) is 2.58. The summed E-state index contributed by atoms with van der Waals surface area (Å²) in [5.74, 6) is 0.282. The topological polar surface area (TPSA) is 32.3 Å². The zero-order valence-electron chi connectivity index (χ0n) is 12.2. The van der Waals surface area contributed by atoms with Crippen molar-refractivity contribution in [2.75, 3.05) is 20.1 Å². The number of carbonyl (C=O) groups is 1. The molecule has 1 unspecified atom stereocenters. The maximum absolute atomic E-state index is 11.8. The quantitative estimate of drug-likeness (QED) is 0.642. The summed E-state index contributed by atoms with van der Waals surface area (Å²) in [5.41, 5.74) is 0. The van der Waals surface area contributed by atoms with Gasteiger partial charge in [0, 0.05) is 20.1 Å². The molecular weight excluding hydrogens is 224 g/mol. The van der Waals surface area contributed by atoms with Gasteiger partial charge in [0.25, 0.3) is 0 Å². The van der Waals surface area contributed by atoms with Gasteiger partial charge in [-0.25, -0.2) is 0 Å². The van der Waals surface area contributed by atoms with Gasteiger partial charge in [-0.2, -0.15) is 0 Å². The molecule has 1 amide bonds. The van der Waals surface area contributed by atoms with Crippen molar-refractivity contribution in [3.05, 3.63) is 0 Å². The molecule has 0 aromatic rings. The number of hydrogen-bond acceptors (Lipinski definition) is 2. The Hall–Kier alpha value is -0.570. The van der Waals surface area contributed by atoms with Crippen molar-refractivity contribution in [3.63, 3.8) is 0 Å². The van der Waals surface area contributed by atoms with Crippen LogP contribution in [0.4, 0.5) is 0 Å². The Morgan fingerprint density at radius 1 is 1.11 bits per heavy atom. The third kappa shape index (κ3) is 5.85. The summed E-state index contributed by atoms with van der Waals surface area (Å²) in [4.78, 5) is 13.7. The Kier molecular flexibility index (Phi) is 8.06. The van der Waals surface area contributed by atoms with E-state index in [1.807, 2.05) is 11.9 Å². The van der Waals surface area contributed by atoms with Crippen LogP contribution >= 0.6 is 0 Å². The van der Waals surface area contributed by atoms with Gasteiger partial charge in [-0.1, -0.05) is 58.3 Å². The highest BCUT2D eigenvalue weighted by atomic mass is 16.2. The Morgan fingerprint density at radius 2 is 1.72 bits per heavy atom. The minimum absolute atomic E-state index is 0.0869. The molecule has 0 aromatic heterocycles. The van der Waals surface area contributed by atoms with Gasteiger partial charge in [0.2, 0.25) is 5.91 Å². The predicted octanol–water partition coefficient (Wildman–Crippen LogP) is 2.95. The standard InChI is InChI=1S/C15H30N2O/c1-3-4-5-6-7-8-9-10-11-14-15(18)17(2)13-12-16-14/h14,16H,3-13H2,1-2H3. The van der Waals surface area contributed by atoms with E-state index in [-0.39, 0.29) is 11.9 Å². The number of unbranched alkanes of at least 4 members (excludes halogenated alkanes) is 7. The van der Waals surface area contributed by atoms with E-state index in [0.717, 1.165) is 19.5 Å². The lowest BCUT2D eigenvalue weighted by atomic mass is 10.0. The van der Waals surface area contributed by atoms with Crippen LogP contribution in [-0.4, -0.2) is 37.0 Å². The number of hydrogen-bond donors (Lipinski definition) is 1. The number of amides is 1. The summed E-state index contributed by atoms with van der Waals surface area (Å²) in [6, 6.07) is 0.0869. The fraction of sp³-hybridized carbons (Fsp3) is 0.933. The fourth-order valence-corrected chi connectivity index (χ4v) is 2.58. The molecule has 106 valence electrons. The lowest BCUT2D eigenvalue weighted by Gasteiger charge is -2.30. The molecule has 3 heteroatoms. The molecule has 18 heavy (non-hydrogen) atoms. The SMILES string of the molecule is CCCCCCCCCCC1NCCN(C)C1=O. The summed E-state index contributed by atoms with van der Waals surface area (Å²) in [6.45, 7) is 4.06. The van der Waals surface area contributed by atoms with Crippen LogP contribution in [0.25, 0.3) is 0 Å². The van der Waals surface area contributed by atoms with Gasteiger partial charge in [0.05, 0.1) is 6.04 Å². The summed E-state index contributed by atoms with van der Waals surface area (Å²) >= 11 is 0. The molecule has 1 rings (SSSR count). The van der Waals surface area contributed by atoms with Crippen LogP contribution in [0, 0.1) is 0 Å². The normalized spacial score (nSPS) is 20.4. The first-order chi connectivity index (χ1) is 8.75. The van der Waals surface area contributed by atoms with Gasteiger partial charge in [-0.3, -0.25) is 4.79 Å². The number of nitrogens with one attached hydrogen (secondary N) is 1. The number of nitrogens with zero attached hydrogens (tertiary/aromatic N) is 1. The average Bonchev–Trinajstić information content (AvgIpc) is 2.37. The Balaban J connectivity index is 1.95. The molecule has 1 aliphatic rings. The van der Waals surface area contributed by atoms with E-state index in [0.29, 0.717) is 0 Å². The monoisotopic (exact) mass is 254 g/mol. The molecular formula is C15H30N2O. The van der Waals surface area contributed by atoms with Crippen molar-refractivity contribution in [2.45, 2.75) is 70.8 Å². The summed E-state index contributed by atoms with van der Waals surface area (Å²) in [7, 11) is 1.91. The molecule has 1 saturated heterocycles. The third-order valence-electron chi connectivity index (χ3n) is 3.86. The van der Waals surface area contributed by atoms with Crippen LogP contribution < -0.4 is 5.32 Å². The van der Waals surface area contributed by atoms with Crippen molar-refractivity contribution in [1.82, 2.24) is 10.2 Å². The third-order valence-corrected chi connectivity index (χ3v) is 3.86. The van der Waals surface area contributed by atoms with Gasteiger partial charge in [-0.05, 0) is 6.42 Å². The minimum Gasteiger partial charge on any atom is -0.343 e. The number of piperazine rings is 1. The largest absolute Gasteiger partial charge is 0.343 e. The predicted molar refractivity (Wildman–Crippen MR) is 76.7 cm³/mol. The zero-order chi connectivity index (χ0) is 13.2. The molecule has 0 spiro atoms. The number of carbonyl (C=O) groups excluding carboxylic acids is 1. The molecule has 1 atom stereocenters. The molecule has 1 fully saturated rings. The molecule has 0 saturated carbocycles. The van der Waals surface area contributed by atoms with E-state index in [4.69, 9.17) is 0 Å². The molecule has 1 aliphatic heterocycles. The van der Waals surface area contributed by atoms with E-state index >= 15 is 0 Å². The van der Waals surface area contributed by atoms with Crippen LogP contribution in [0.5, 0.6) is 0 Å². The molecule has 0 bridgehead atoms. The second kappa shape index (κ2) is 9.37. The van der Waals surface area contributed by atoms with Crippen molar-refractivity contribution in [3.8, 4) is 0 Å². The second-order valence-electron chi connectivity index (χ2n) is 5.53. The highest BCUT2D eigenvalue weighted by Crippen LogP contribution is 2.12. The van der Waals surface area contributed by atoms with Crippen molar-refractivity contribution < 1.29 is 4.79 Å². The van der Waals surface area contributed by atoms with Gasteiger partial charge in [0.1, 0.15) is 0 Å². The van der Waals surface area contributed by atoms with Crippen LogP contribution in [0.15, 0.2) is 0 Å². The average molecular weight is 254 g/mol. The Morgan fingerprint density at radius 3 is 2.39 bits per heavy atom. The lowest BCUT2D eigenvalue weighted by Crippen LogP contribution is -2.53. The second-order valence-corrected chi connectivity index (χ2v) is 5.53. The first kappa shape index (κ1) is 15.5. The van der Waals surface area contributed by atoms with E-state index in [1.165, 1.54) is 51.4 Å². The first-order valence-electron chi connectivity index (χ1n) is 7.74. The van der Waals surface area contributed by atoms with Crippen LogP contribution in [0.2, 0.25) is 0 Å². The maximum Gasteiger partial charge on any atom is 0.239 e. The van der Waals surface area contributed by atoms with Gasteiger partial charge >= 0.3 is 0 Å². The molecule has 0 aliphatic carbocycles. The van der Waals surface area contributed by atoms with Crippen LogP contribution in [0.3, 0.4) is 0 Å².